The summed E-state index contributed by atoms with van der Waals surface area (Å²) in [5.41, 5.74) is 1.61. The molecule has 0 aliphatic carbocycles. The van der Waals surface area contributed by atoms with Crippen molar-refractivity contribution < 1.29 is 38.4 Å². The van der Waals surface area contributed by atoms with Crippen LogP contribution in [0, 0.1) is 11.1 Å². The number of esters is 2. The van der Waals surface area contributed by atoms with E-state index < -0.39 is 24.1 Å². The number of nitrogens with one attached hydrogen (secondary N) is 1. The van der Waals surface area contributed by atoms with Gasteiger partial charge in [0.25, 0.3) is 0 Å². The molecule has 2 aromatic carbocycles. The van der Waals surface area contributed by atoms with Crippen molar-refractivity contribution in [3.63, 3.8) is 0 Å². The van der Waals surface area contributed by atoms with Crippen molar-refractivity contribution in [3.8, 4) is 17.2 Å². The number of hydrogen-bond acceptors (Lipinski definition) is 11. The van der Waals surface area contributed by atoms with Gasteiger partial charge < -0.3 is 29.3 Å². The summed E-state index contributed by atoms with van der Waals surface area (Å²) in [6.07, 6.45) is 3.43. The van der Waals surface area contributed by atoms with Crippen molar-refractivity contribution in [2.75, 3.05) is 33.9 Å². The third kappa shape index (κ3) is 8.27. The van der Waals surface area contributed by atoms with Crippen LogP contribution in [0.25, 0.3) is 0 Å². The summed E-state index contributed by atoms with van der Waals surface area (Å²) in [6, 6.07) is 14.3. The number of phenolic OH excluding ortho intramolecular Hbond substituents is 1. The van der Waals surface area contributed by atoms with Crippen LogP contribution in [0.4, 0.5) is 0 Å². The molecular weight excluding hydrogens is 705 g/mol. The molecule has 2 bridgehead atoms. The van der Waals surface area contributed by atoms with Crippen LogP contribution in [-0.2, 0) is 27.2 Å². The molecule has 0 radical (unpaired) electrons. The minimum absolute atomic E-state index is 0.0421. The van der Waals surface area contributed by atoms with Gasteiger partial charge >= 0.3 is 11.9 Å². The number of rotatable bonds is 13. The van der Waals surface area contributed by atoms with Gasteiger partial charge in [-0.1, -0.05) is 41.4 Å². The van der Waals surface area contributed by atoms with Crippen molar-refractivity contribution in [1.29, 1.82) is 0 Å². The molecule has 4 aromatic rings. The van der Waals surface area contributed by atoms with E-state index in [1.165, 1.54) is 38.0 Å². The summed E-state index contributed by atoms with van der Waals surface area (Å²) < 4.78 is 23.5. The number of carbonyl (C=O) groups excluding carboxylic acids is 2. The SMILES string of the molecule is COc1ccc(C(Cc2c(Cl)c[n+]([O-])cc2Cl)OC(=O)c2ccc(CN[C@H](C(=O)O[C@H]3CN4CCC3CC4)c3cccc(O)c3)s2)cc1OC. The molecule has 2 aromatic heterocycles. The van der Waals surface area contributed by atoms with Crippen LogP contribution in [-0.4, -0.2) is 61.9 Å². The number of aromatic hydroxyl groups is 1. The lowest BCUT2D eigenvalue weighted by molar-refractivity contribution is -0.605. The number of pyridine rings is 1. The number of phenols is 1. The van der Waals surface area contributed by atoms with Gasteiger partial charge in [0.2, 0.25) is 0 Å². The maximum atomic E-state index is 13.6. The first-order chi connectivity index (χ1) is 24.1. The third-order valence-corrected chi connectivity index (χ3v) is 10.8. The lowest BCUT2D eigenvalue weighted by atomic mass is 9.86. The zero-order valence-corrected chi connectivity index (χ0v) is 29.8. The average Bonchev–Trinajstić information content (AvgIpc) is 3.59. The Bertz CT molecular complexity index is 1820. The standard InChI is InChI=1S/C36H37Cl2N3O8S/c1-46-29-8-6-22(15-31(29)47-2)30(16-26-27(37)18-41(45)19-28(26)38)48-35(43)33-9-7-25(50-33)17-39-34(23-4-3-5-24(42)14-23)36(44)49-32-20-40-12-10-21(32)11-13-40/h3-9,14-15,18-19,21,30,32,34,39,42H,10-13,16-17,20H2,1-2H3/t30?,32-,34-/m0/s1. The fraction of sp³-hybridized carbons (Fsp3) is 0.361. The van der Waals surface area contributed by atoms with Gasteiger partial charge in [0.05, 0.1) is 14.2 Å². The highest BCUT2D eigenvalue weighted by atomic mass is 35.5. The number of fused-ring (bicyclic) bond motifs is 3. The first-order valence-electron chi connectivity index (χ1n) is 16.1. The van der Waals surface area contributed by atoms with Crippen molar-refractivity contribution >= 4 is 46.5 Å². The molecule has 3 saturated heterocycles. The molecule has 3 aliphatic rings. The zero-order valence-electron chi connectivity index (χ0n) is 27.5. The largest absolute Gasteiger partial charge is 0.619 e. The fourth-order valence-electron chi connectivity index (χ4n) is 6.47. The highest BCUT2D eigenvalue weighted by Gasteiger charge is 2.38. The molecule has 2 N–H and O–H groups in total. The lowest BCUT2D eigenvalue weighted by Gasteiger charge is -2.44. The number of ether oxygens (including phenoxy) is 4. The number of thiophene rings is 1. The Kier molecular flexibility index (Phi) is 11.3. The maximum Gasteiger partial charge on any atom is 0.348 e. The van der Waals surface area contributed by atoms with Crippen molar-refractivity contribution in [2.45, 2.75) is 44.1 Å². The van der Waals surface area contributed by atoms with Crippen molar-refractivity contribution in [1.82, 2.24) is 10.2 Å². The Labute approximate surface area is 303 Å². The van der Waals surface area contributed by atoms with Crippen LogP contribution in [0.1, 0.15) is 56.2 Å². The second-order valence-corrected chi connectivity index (χ2v) is 14.3. The Morgan fingerprint density at radius 1 is 1.02 bits per heavy atom. The summed E-state index contributed by atoms with van der Waals surface area (Å²) >= 11 is 14.0. The molecule has 14 heteroatoms. The summed E-state index contributed by atoms with van der Waals surface area (Å²) in [6.45, 7) is 3.03. The number of benzene rings is 2. The summed E-state index contributed by atoms with van der Waals surface area (Å²) in [5.74, 6) is 0.321. The van der Waals surface area contributed by atoms with E-state index >= 15 is 0 Å². The van der Waals surface area contributed by atoms with Crippen LogP contribution in [0.5, 0.6) is 17.2 Å². The Balaban J connectivity index is 1.18. The van der Waals surface area contributed by atoms with Gasteiger partial charge in [0.1, 0.15) is 38.9 Å². The smallest absolute Gasteiger partial charge is 0.348 e. The molecular formula is C36H37Cl2N3O8S. The molecule has 3 aliphatic heterocycles. The van der Waals surface area contributed by atoms with E-state index in [0.29, 0.717) is 43.7 Å². The molecule has 11 nitrogen and oxygen atoms in total. The number of piperidine rings is 3. The molecule has 3 atom stereocenters. The van der Waals surface area contributed by atoms with Gasteiger partial charge in [0.15, 0.2) is 23.9 Å². The zero-order chi connectivity index (χ0) is 35.4. The Hall–Kier alpha value is -4.07. The van der Waals surface area contributed by atoms with E-state index in [1.54, 1.807) is 54.6 Å². The van der Waals surface area contributed by atoms with Gasteiger partial charge in [-0.3, -0.25) is 10.2 Å². The van der Waals surface area contributed by atoms with E-state index in [0.717, 1.165) is 37.4 Å². The molecule has 50 heavy (non-hydrogen) atoms. The van der Waals surface area contributed by atoms with E-state index in [9.17, 15) is 19.9 Å². The van der Waals surface area contributed by atoms with Gasteiger partial charge in [-0.15, -0.1) is 11.3 Å². The first kappa shape index (κ1) is 35.7. The van der Waals surface area contributed by atoms with Crippen molar-refractivity contribution in [2.24, 2.45) is 5.92 Å². The molecule has 7 rings (SSSR count). The second-order valence-electron chi connectivity index (χ2n) is 12.3. The predicted octanol–water partition coefficient (Wildman–Crippen LogP) is 6.02. The van der Waals surface area contributed by atoms with Gasteiger partial charge in [-0.05, 0) is 79.4 Å². The van der Waals surface area contributed by atoms with Crippen LogP contribution in [0.3, 0.4) is 0 Å². The summed E-state index contributed by atoms with van der Waals surface area (Å²) in [4.78, 5) is 30.6. The van der Waals surface area contributed by atoms with Crippen LogP contribution in [0.2, 0.25) is 10.0 Å². The minimum Gasteiger partial charge on any atom is -0.619 e. The summed E-state index contributed by atoms with van der Waals surface area (Å²) in [5, 5.41) is 25.6. The Morgan fingerprint density at radius 2 is 1.76 bits per heavy atom. The van der Waals surface area contributed by atoms with E-state index in [-0.39, 0.29) is 34.9 Å². The fourth-order valence-corrected chi connectivity index (χ4v) is 7.91. The molecule has 0 amide bonds. The minimum atomic E-state index is -0.861. The van der Waals surface area contributed by atoms with E-state index in [1.807, 2.05) is 0 Å². The Morgan fingerprint density at radius 3 is 2.42 bits per heavy atom. The second kappa shape index (κ2) is 15.9. The molecule has 0 saturated carbocycles. The number of carbonyl (C=O) groups is 2. The number of halogens is 2. The number of nitrogens with zero attached hydrogens (tertiary/aromatic N) is 2. The average molecular weight is 743 g/mol. The van der Waals surface area contributed by atoms with Crippen LogP contribution in [0.15, 0.2) is 67.0 Å². The number of methoxy groups -OCH3 is 2. The number of aromatic nitrogens is 1. The molecule has 1 unspecified atom stereocenters. The van der Waals surface area contributed by atoms with E-state index in [2.05, 4.69) is 10.2 Å². The lowest BCUT2D eigenvalue weighted by Crippen LogP contribution is -2.52. The number of hydrogen-bond donors (Lipinski definition) is 2. The van der Waals surface area contributed by atoms with Gasteiger partial charge in [-0.2, -0.15) is 4.73 Å². The highest BCUT2D eigenvalue weighted by molar-refractivity contribution is 7.13. The van der Waals surface area contributed by atoms with E-state index in [4.69, 9.17) is 42.1 Å². The van der Waals surface area contributed by atoms with Crippen LogP contribution >= 0.6 is 34.5 Å². The first-order valence-corrected chi connectivity index (χ1v) is 17.7. The molecule has 264 valence electrons. The quantitative estimate of drug-likeness (QED) is 0.0952. The maximum absolute atomic E-state index is 13.6. The van der Waals surface area contributed by atoms with Gasteiger partial charge in [-0.25, -0.2) is 9.59 Å². The van der Waals surface area contributed by atoms with Gasteiger partial charge in [0, 0.05) is 30.0 Å². The predicted molar refractivity (Wildman–Crippen MR) is 188 cm³/mol. The topological polar surface area (TPSA) is 134 Å². The monoisotopic (exact) mass is 741 g/mol. The normalized spacial score (nSPS) is 19.4. The third-order valence-electron chi connectivity index (χ3n) is 9.12. The van der Waals surface area contributed by atoms with Crippen LogP contribution < -0.4 is 19.5 Å². The van der Waals surface area contributed by atoms with Crippen molar-refractivity contribution in [3.05, 3.63) is 109 Å². The highest BCUT2D eigenvalue weighted by Crippen LogP contribution is 2.36. The molecule has 5 heterocycles. The molecule has 0 spiro atoms. The molecule has 3 fully saturated rings. The summed E-state index contributed by atoms with van der Waals surface area (Å²) in [7, 11) is 3.03.